The van der Waals surface area contributed by atoms with Crippen molar-refractivity contribution in [2.45, 2.75) is 6.42 Å². The molecule has 0 fully saturated rings. The summed E-state index contributed by atoms with van der Waals surface area (Å²) in [5, 5.41) is 0. The van der Waals surface area contributed by atoms with Gasteiger partial charge in [0, 0.05) is 6.54 Å². The second-order valence-electron chi connectivity index (χ2n) is 2.69. The fourth-order valence-electron chi connectivity index (χ4n) is 1.01. The van der Waals surface area contributed by atoms with Crippen molar-refractivity contribution in [3.8, 4) is 0 Å². The molecule has 0 atom stereocenters. The summed E-state index contributed by atoms with van der Waals surface area (Å²) in [7, 11) is 0. The van der Waals surface area contributed by atoms with Gasteiger partial charge in [-0.15, -0.1) is 0 Å². The van der Waals surface area contributed by atoms with Crippen LogP contribution in [0.5, 0.6) is 0 Å². The van der Waals surface area contributed by atoms with Gasteiger partial charge in [-0.2, -0.15) is 0 Å². The highest BCUT2D eigenvalue weighted by atomic mass is 19.1. The molecule has 4 N–H and O–H groups in total. The van der Waals surface area contributed by atoms with Crippen LogP contribution in [0.15, 0.2) is 29.3 Å². The minimum Gasteiger partial charge on any atom is -0.370 e. The molecule has 70 valence electrons. The number of rotatable bonds is 3. The van der Waals surface area contributed by atoms with E-state index in [0.29, 0.717) is 13.0 Å². The zero-order chi connectivity index (χ0) is 9.68. The molecule has 0 radical (unpaired) electrons. The van der Waals surface area contributed by atoms with Gasteiger partial charge in [0.05, 0.1) is 0 Å². The maximum Gasteiger partial charge on any atom is 0.185 e. The van der Waals surface area contributed by atoms with Crippen LogP contribution in [-0.2, 0) is 6.42 Å². The van der Waals surface area contributed by atoms with E-state index >= 15 is 0 Å². The molecule has 13 heavy (non-hydrogen) atoms. The SMILES string of the molecule is N[11C](N)=NCCc1cccc(F)c1. The molecule has 0 bridgehead atoms. The number of hydrogen-bond acceptors (Lipinski definition) is 1. The van der Waals surface area contributed by atoms with Gasteiger partial charge in [-0.05, 0) is 24.1 Å². The third-order valence-corrected chi connectivity index (χ3v) is 1.58. The van der Waals surface area contributed by atoms with Crippen LogP contribution >= 0.6 is 0 Å². The predicted molar refractivity (Wildman–Crippen MR) is 50.8 cm³/mol. The summed E-state index contributed by atoms with van der Waals surface area (Å²) in [6.45, 7) is 0.492. The quantitative estimate of drug-likeness (QED) is 0.529. The molecular formula is C9H12FN3. The number of benzene rings is 1. The van der Waals surface area contributed by atoms with Crippen LogP contribution in [0.25, 0.3) is 0 Å². The molecule has 0 saturated carbocycles. The first-order chi connectivity index (χ1) is 6.18. The van der Waals surface area contributed by atoms with E-state index in [1.165, 1.54) is 12.1 Å². The van der Waals surface area contributed by atoms with Crippen molar-refractivity contribution in [2.75, 3.05) is 6.54 Å². The van der Waals surface area contributed by atoms with Gasteiger partial charge in [0.1, 0.15) is 5.82 Å². The van der Waals surface area contributed by atoms with Gasteiger partial charge in [0.15, 0.2) is 5.96 Å². The van der Waals surface area contributed by atoms with Gasteiger partial charge in [0.25, 0.3) is 0 Å². The molecule has 0 heterocycles. The summed E-state index contributed by atoms with van der Waals surface area (Å²) < 4.78 is 12.7. The van der Waals surface area contributed by atoms with Crippen LogP contribution in [-0.4, -0.2) is 12.5 Å². The second-order valence-corrected chi connectivity index (χ2v) is 2.69. The van der Waals surface area contributed by atoms with Crippen molar-refractivity contribution in [3.05, 3.63) is 35.6 Å². The summed E-state index contributed by atoms with van der Waals surface area (Å²) in [6, 6.07) is 6.39. The second kappa shape index (κ2) is 4.45. The Morgan fingerprint density at radius 1 is 1.38 bits per heavy atom. The Morgan fingerprint density at radius 2 is 2.15 bits per heavy atom. The Balaban J connectivity index is 2.50. The highest BCUT2D eigenvalue weighted by molar-refractivity contribution is 5.75. The zero-order valence-corrected chi connectivity index (χ0v) is 7.20. The molecule has 3 nitrogen and oxygen atoms in total. The largest absolute Gasteiger partial charge is 0.370 e. The maximum atomic E-state index is 12.7. The summed E-state index contributed by atoms with van der Waals surface area (Å²) in [6.07, 6.45) is 0.648. The molecule has 0 aliphatic heterocycles. The number of aliphatic imine (C=N–C) groups is 1. The summed E-state index contributed by atoms with van der Waals surface area (Å²) in [5.74, 6) is -0.168. The topological polar surface area (TPSA) is 64.4 Å². The van der Waals surface area contributed by atoms with Crippen LogP contribution in [0.1, 0.15) is 5.56 Å². The lowest BCUT2D eigenvalue weighted by molar-refractivity contribution is 0.625. The normalized spacial score (nSPS) is 9.62. The molecule has 4 heteroatoms. The molecule has 0 aromatic heterocycles. The molecular weight excluding hydrogens is 168 g/mol. The Bertz CT molecular complexity index is 305. The van der Waals surface area contributed by atoms with Crippen LogP contribution in [0, 0.1) is 5.82 Å². The maximum absolute atomic E-state index is 12.7. The van der Waals surface area contributed by atoms with Crippen molar-refractivity contribution >= 4 is 5.96 Å². The van der Waals surface area contributed by atoms with Crippen LogP contribution in [0.4, 0.5) is 4.39 Å². The molecule has 0 aliphatic carbocycles. The average molecular weight is 180 g/mol. The van der Waals surface area contributed by atoms with Gasteiger partial charge >= 0.3 is 0 Å². The lowest BCUT2D eigenvalue weighted by Gasteiger charge is -1.98. The summed E-state index contributed by atoms with van der Waals surface area (Å²) >= 11 is 0. The molecule has 1 aromatic carbocycles. The van der Waals surface area contributed by atoms with E-state index < -0.39 is 0 Å². The third-order valence-electron chi connectivity index (χ3n) is 1.58. The smallest absolute Gasteiger partial charge is 0.185 e. The summed E-state index contributed by atoms with van der Waals surface area (Å²) in [4.78, 5) is 3.80. The Kier molecular flexibility index (Phi) is 3.25. The van der Waals surface area contributed by atoms with Gasteiger partial charge in [0.2, 0.25) is 0 Å². The lowest BCUT2D eigenvalue weighted by Crippen LogP contribution is -2.23. The average Bonchev–Trinajstić information content (AvgIpc) is 2.03. The monoisotopic (exact) mass is 180 g/mol. The molecule has 1 rings (SSSR count). The molecule has 0 unspecified atom stereocenters. The van der Waals surface area contributed by atoms with Gasteiger partial charge in [-0.25, -0.2) is 4.39 Å². The van der Waals surface area contributed by atoms with E-state index in [1.807, 2.05) is 6.07 Å². The third kappa shape index (κ3) is 3.55. The highest BCUT2D eigenvalue weighted by Crippen LogP contribution is 2.03. The zero-order valence-electron chi connectivity index (χ0n) is 7.20. The Morgan fingerprint density at radius 3 is 2.77 bits per heavy atom. The highest BCUT2D eigenvalue weighted by Gasteiger charge is 1.93. The van der Waals surface area contributed by atoms with Crippen LogP contribution < -0.4 is 11.5 Å². The van der Waals surface area contributed by atoms with E-state index in [2.05, 4.69) is 4.99 Å². The van der Waals surface area contributed by atoms with Crippen molar-refractivity contribution < 1.29 is 4.39 Å². The first kappa shape index (κ1) is 9.51. The molecule has 1 aromatic rings. The van der Waals surface area contributed by atoms with Crippen molar-refractivity contribution in [2.24, 2.45) is 16.5 Å². The van der Waals surface area contributed by atoms with E-state index in [1.54, 1.807) is 6.07 Å². The van der Waals surface area contributed by atoms with Crippen molar-refractivity contribution in [1.82, 2.24) is 0 Å². The van der Waals surface area contributed by atoms with Crippen molar-refractivity contribution in [3.63, 3.8) is 0 Å². The number of hydrogen-bond donors (Lipinski definition) is 2. The van der Waals surface area contributed by atoms with E-state index in [4.69, 9.17) is 11.5 Å². The molecule has 0 aliphatic rings. The van der Waals surface area contributed by atoms with E-state index in [0.717, 1.165) is 5.56 Å². The first-order valence-corrected chi connectivity index (χ1v) is 3.98. The fraction of sp³-hybridized carbons (Fsp3) is 0.222. The molecule has 0 spiro atoms. The number of nitrogens with two attached hydrogens (primary N) is 2. The number of nitrogens with zero attached hydrogens (tertiary/aromatic N) is 1. The van der Waals surface area contributed by atoms with E-state index in [9.17, 15) is 4.39 Å². The van der Waals surface area contributed by atoms with Crippen LogP contribution in [0.3, 0.4) is 0 Å². The predicted octanol–water partition coefficient (Wildman–Crippen LogP) is 0.642. The molecule has 0 saturated heterocycles. The Hall–Kier alpha value is -1.58. The number of halogens is 1. The number of guanidine groups is 1. The lowest BCUT2D eigenvalue weighted by atomic mass is 10.1. The van der Waals surface area contributed by atoms with Crippen molar-refractivity contribution in [1.29, 1.82) is 0 Å². The van der Waals surface area contributed by atoms with Gasteiger partial charge in [-0.3, -0.25) is 4.99 Å². The van der Waals surface area contributed by atoms with E-state index in [-0.39, 0.29) is 11.8 Å². The Labute approximate surface area is 76.3 Å². The van der Waals surface area contributed by atoms with Gasteiger partial charge < -0.3 is 11.5 Å². The fourth-order valence-corrected chi connectivity index (χ4v) is 1.01. The standard InChI is InChI=1S/C9H12FN3/c10-8-3-1-2-7(6-8)4-5-13-9(11)12/h1-3,6H,4-5H2,(H4,11,12,13)/i9-1. The van der Waals surface area contributed by atoms with Crippen LogP contribution in [0.2, 0.25) is 0 Å². The molecule has 0 amide bonds. The minimum absolute atomic E-state index is 0.0661. The van der Waals surface area contributed by atoms with Gasteiger partial charge in [-0.1, -0.05) is 12.1 Å². The minimum atomic E-state index is -0.234. The first-order valence-electron chi connectivity index (χ1n) is 3.98. The summed E-state index contributed by atoms with van der Waals surface area (Å²) in [5.41, 5.74) is 11.2.